The summed E-state index contributed by atoms with van der Waals surface area (Å²) in [6.45, 7) is 2.10. The highest BCUT2D eigenvalue weighted by Gasteiger charge is 2.17. The Morgan fingerprint density at radius 2 is 2.11 bits per heavy atom. The SMILES string of the molecule is CCC(c1ccccc1)c1nnc(NC(=O)OC)s1. The number of hydrogen-bond acceptors (Lipinski definition) is 5. The molecule has 0 spiro atoms. The van der Waals surface area contributed by atoms with Crippen LogP contribution in [0.15, 0.2) is 30.3 Å². The molecule has 1 amide bonds. The fourth-order valence-corrected chi connectivity index (χ4v) is 2.74. The van der Waals surface area contributed by atoms with Gasteiger partial charge in [-0.1, -0.05) is 48.6 Å². The Balaban J connectivity index is 2.18. The van der Waals surface area contributed by atoms with Crippen molar-refractivity contribution in [2.45, 2.75) is 19.3 Å². The van der Waals surface area contributed by atoms with Crippen LogP contribution in [0.4, 0.5) is 9.93 Å². The zero-order chi connectivity index (χ0) is 13.7. The Morgan fingerprint density at radius 1 is 1.37 bits per heavy atom. The first kappa shape index (κ1) is 13.5. The van der Waals surface area contributed by atoms with E-state index in [9.17, 15) is 4.79 Å². The molecule has 0 saturated heterocycles. The molecule has 0 saturated carbocycles. The fraction of sp³-hybridized carbons (Fsp3) is 0.308. The van der Waals surface area contributed by atoms with Gasteiger partial charge < -0.3 is 4.74 Å². The average molecular weight is 277 g/mol. The third-order valence-electron chi connectivity index (χ3n) is 2.74. The van der Waals surface area contributed by atoms with E-state index in [0.717, 1.165) is 11.4 Å². The number of methoxy groups -OCH3 is 1. The van der Waals surface area contributed by atoms with Crippen LogP contribution in [0.3, 0.4) is 0 Å². The van der Waals surface area contributed by atoms with Crippen LogP contribution in [0.2, 0.25) is 0 Å². The van der Waals surface area contributed by atoms with Gasteiger partial charge in [-0.15, -0.1) is 10.2 Å². The standard InChI is InChI=1S/C13H15N3O2S/c1-3-10(9-7-5-4-6-8-9)11-15-16-12(19-11)14-13(17)18-2/h4-8,10H,3H2,1-2H3,(H,14,16,17). The highest BCUT2D eigenvalue weighted by atomic mass is 32.1. The van der Waals surface area contributed by atoms with E-state index in [4.69, 9.17) is 0 Å². The second kappa shape index (κ2) is 6.29. The zero-order valence-corrected chi connectivity index (χ0v) is 11.6. The Labute approximate surface area is 115 Å². The van der Waals surface area contributed by atoms with Crippen molar-refractivity contribution in [2.75, 3.05) is 12.4 Å². The van der Waals surface area contributed by atoms with E-state index in [0.29, 0.717) is 5.13 Å². The number of benzene rings is 1. The van der Waals surface area contributed by atoms with Crippen LogP contribution in [0.25, 0.3) is 0 Å². The minimum absolute atomic E-state index is 0.201. The molecule has 0 radical (unpaired) electrons. The summed E-state index contributed by atoms with van der Waals surface area (Å²) < 4.78 is 4.52. The largest absolute Gasteiger partial charge is 0.453 e. The van der Waals surface area contributed by atoms with Gasteiger partial charge >= 0.3 is 6.09 Å². The first-order valence-corrected chi connectivity index (χ1v) is 6.79. The number of nitrogens with zero attached hydrogens (tertiary/aromatic N) is 2. The lowest BCUT2D eigenvalue weighted by atomic mass is 9.97. The Hall–Kier alpha value is -1.95. The van der Waals surface area contributed by atoms with Gasteiger partial charge in [-0.05, 0) is 12.0 Å². The number of rotatable bonds is 4. The number of amides is 1. The van der Waals surface area contributed by atoms with Gasteiger partial charge in [0.15, 0.2) is 0 Å². The number of carbonyl (C=O) groups is 1. The highest BCUT2D eigenvalue weighted by molar-refractivity contribution is 7.15. The molecule has 100 valence electrons. The monoisotopic (exact) mass is 277 g/mol. The van der Waals surface area contributed by atoms with Crippen LogP contribution in [0.5, 0.6) is 0 Å². The molecule has 19 heavy (non-hydrogen) atoms. The molecule has 1 heterocycles. The molecule has 0 fully saturated rings. The number of hydrogen-bond donors (Lipinski definition) is 1. The molecule has 1 N–H and O–H groups in total. The lowest BCUT2D eigenvalue weighted by molar-refractivity contribution is 0.187. The summed E-state index contributed by atoms with van der Waals surface area (Å²) in [4.78, 5) is 11.1. The lowest BCUT2D eigenvalue weighted by Crippen LogP contribution is -2.10. The number of ether oxygens (including phenoxy) is 1. The van der Waals surface area contributed by atoms with E-state index in [2.05, 4.69) is 39.3 Å². The summed E-state index contributed by atoms with van der Waals surface area (Å²) in [5, 5.41) is 12.0. The number of anilines is 1. The minimum atomic E-state index is -0.532. The third kappa shape index (κ3) is 3.29. The normalized spacial score (nSPS) is 11.9. The van der Waals surface area contributed by atoms with Gasteiger partial charge in [0, 0.05) is 5.92 Å². The van der Waals surface area contributed by atoms with Crippen molar-refractivity contribution in [3.8, 4) is 0 Å². The van der Waals surface area contributed by atoms with Crippen LogP contribution in [-0.2, 0) is 4.74 Å². The van der Waals surface area contributed by atoms with Crippen molar-refractivity contribution in [2.24, 2.45) is 0 Å². The van der Waals surface area contributed by atoms with E-state index in [-0.39, 0.29) is 5.92 Å². The molecule has 1 aromatic carbocycles. The van der Waals surface area contributed by atoms with Crippen molar-refractivity contribution in [1.29, 1.82) is 0 Å². The van der Waals surface area contributed by atoms with Gasteiger partial charge in [0.1, 0.15) is 5.01 Å². The predicted octanol–water partition coefficient (Wildman–Crippen LogP) is 3.26. The number of nitrogens with one attached hydrogen (secondary N) is 1. The minimum Gasteiger partial charge on any atom is -0.453 e. The summed E-state index contributed by atoms with van der Waals surface area (Å²) in [7, 11) is 1.32. The van der Waals surface area contributed by atoms with Crippen LogP contribution in [0, 0.1) is 0 Å². The fourth-order valence-electron chi connectivity index (χ4n) is 1.80. The van der Waals surface area contributed by atoms with E-state index in [1.54, 1.807) is 0 Å². The molecule has 0 aliphatic rings. The molecule has 2 aromatic rings. The van der Waals surface area contributed by atoms with Crippen LogP contribution in [0.1, 0.15) is 29.8 Å². The van der Waals surface area contributed by atoms with Gasteiger partial charge in [0.05, 0.1) is 7.11 Å². The topological polar surface area (TPSA) is 64.1 Å². The summed E-state index contributed by atoms with van der Waals surface area (Å²) >= 11 is 1.37. The first-order valence-electron chi connectivity index (χ1n) is 5.98. The van der Waals surface area contributed by atoms with Crippen molar-refractivity contribution in [3.63, 3.8) is 0 Å². The molecule has 0 aliphatic heterocycles. The van der Waals surface area contributed by atoms with Crippen molar-refractivity contribution >= 4 is 22.6 Å². The second-order valence-electron chi connectivity index (χ2n) is 3.93. The maximum atomic E-state index is 11.1. The van der Waals surface area contributed by atoms with Gasteiger partial charge in [-0.25, -0.2) is 4.79 Å². The lowest BCUT2D eigenvalue weighted by Gasteiger charge is -2.10. The van der Waals surface area contributed by atoms with Gasteiger partial charge in [0.25, 0.3) is 0 Å². The molecule has 1 unspecified atom stereocenters. The summed E-state index contributed by atoms with van der Waals surface area (Å²) in [6.07, 6.45) is 0.395. The van der Waals surface area contributed by atoms with Crippen LogP contribution in [-0.4, -0.2) is 23.4 Å². The Morgan fingerprint density at radius 3 is 2.74 bits per heavy atom. The van der Waals surface area contributed by atoms with E-state index in [1.165, 1.54) is 24.0 Å². The summed E-state index contributed by atoms with van der Waals surface area (Å²) in [6, 6.07) is 10.1. The molecule has 5 nitrogen and oxygen atoms in total. The van der Waals surface area contributed by atoms with Crippen molar-refractivity contribution in [3.05, 3.63) is 40.9 Å². The molecule has 0 aliphatic carbocycles. The van der Waals surface area contributed by atoms with Gasteiger partial charge in [-0.2, -0.15) is 0 Å². The van der Waals surface area contributed by atoms with Crippen LogP contribution >= 0.6 is 11.3 Å². The smallest absolute Gasteiger partial charge is 0.413 e. The molecular weight excluding hydrogens is 262 g/mol. The van der Waals surface area contributed by atoms with Crippen molar-refractivity contribution in [1.82, 2.24) is 10.2 Å². The molecule has 0 bridgehead atoms. The summed E-state index contributed by atoms with van der Waals surface area (Å²) in [5.74, 6) is 0.201. The van der Waals surface area contributed by atoms with Gasteiger partial charge in [-0.3, -0.25) is 5.32 Å². The van der Waals surface area contributed by atoms with Crippen molar-refractivity contribution < 1.29 is 9.53 Å². The Bertz CT molecular complexity index is 542. The number of aromatic nitrogens is 2. The zero-order valence-electron chi connectivity index (χ0n) is 10.8. The maximum Gasteiger partial charge on any atom is 0.413 e. The maximum absolute atomic E-state index is 11.1. The van der Waals surface area contributed by atoms with Gasteiger partial charge in [0.2, 0.25) is 5.13 Å². The quantitative estimate of drug-likeness (QED) is 0.931. The first-order chi connectivity index (χ1) is 9.24. The molecule has 6 heteroatoms. The van der Waals surface area contributed by atoms with E-state index < -0.39 is 6.09 Å². The molecule has 1 aromatic heterocycles. The Kier molecular flexibility index (Phi) is 4.46. The van der Waals surface area contributed by atoms with Crippen LogP contribution < -0.4 is 5.32 Å². The van der Waals surface area contributed by atoms with E-state index >= 15 is 0 Å². The molecule has 1 atom stereocenters. The summed E-state index contributed by atoms with van der Waals surface area (Å²) in [5.41, 5.74) is 1.20. The highest BCUT2D eigenvalue weighted by Crippen LogP contribution is 2.31. The third-order valence-corrected chi connectivity index (χ3v) is 3.70. The second-order valence-corrected chi connectivity index (χ2v) is 4.94. The number of carbonyl (C=O) groups excluding carboxylic acids is 1. The average Bonchev–Trinajstić information content (AvgIpc) is 2.89. The molecule has 2 rings (SSSR count). The van der Waals surface area contributed by atoms with E-state index in [1.807, 2.05) is 18.2 Å². The molecular formula is C13H15N3O2S. The predicted molar refractivity (Wildman–Crippen MR) is 74.5 cm³/mol.